The van der Waals surface area contributed by atoms with Gasteiger partial charge in [-0.05, 0) is 36.2 Å². The van der Waals surface area contributed by atoms with Crippen molar-refractivity contribution in [3.63, 3.8) is 0 Å². The Kier molecular flexibility index (Phi) is 5.06. The second-order valence-electron chi connectivity index (χ2n) is 6.81. The molecule has 0 bridgehead atoms. The van der Waals surface area contributed by atoms with Crippen LogP contribution >= 0.6 is 11.3 Å². The fourth-order valence-electron chi connectivity index (χ4n) is 2.99. The Morgan fingerprint density at radius 3 is 2.68 bits per heavy atom. The fourth-order valence-corrected chi connectivity index (χ4v) is 3.70. The third kappa shape index (κ3) is 3.48. The molecule has 0 spiro atoms. The Hall–Kier alpha value is -2.84. The molecule has 144 valence electrons. The molecule has 0 aliphatic rings. The maximum absolute atomic E-state index is 13.4. The monoisotopic (exact) mass is 397 g/mol. The molecule has 4 rings (SSSR count). The SMILES string of the molecule is CC(C)C(CO)Nc1nccc(-c2c(-c3ccc(F)cc3)nc3sccn23)n1. The van der Waals surface area contributed by atoms with E-state index in [1.807, 2.05) is 35.9 Å². The largest absolute Gasteiger partial charge is 0.394 e. The van der Waals surface area contributed by atoms with Crippen molar-refractivity contribution < 1.29 is 9.50 Å². The number of imidazole rings is 1. The summed E-state index contributed by atoms with van der Waals surface area (Å²) in [7, 11) is 0. The third-order valence-corrected chi connectivity index (χ3v) is 5.35. The molecule has 0 saturated heterocycles. The zero-order valence-corrected chi connectivity index (χ0v) is 16.3. The fraction of sp³-hybridized carbons (Fsp3) is 0.250. The van der Waals surface area contributed by atoms with Crippen molar-refractivity contribution in [2.24, 2.45) is 5.92 Å². The smallest absolute Gasteiger partial charge is 0.223 e. The van der Waals surface area contributed by atoms with Gasteiger partial charge < -0.3 is 10.4 Å². The maximum Gasteiger partial charge on any atom is 0.223 e. The number of hydrogen-bond acceptors (Lipinski definition) is 6. The lowest BCUT2D eigenvalue weighted by atomic mass is 10.1. The Labute approximate surface area is 165 Å². The van der Waals surface area contributed by atoms with Gasteiger partial charge in [-0.2, -0.15) is 0 Å². The number of halogens is 1. The first-order valence-corrected chi connectivity index (χ1v) is 9.87. The number of rotatable bonds is 6. The van der Waals surface area contributed by atoms with E-state index in [4.69, 9.17) is 4.98 Å². The highest BCUT2D eigenvalue weighted by Crippen LogP contribution is 2.33. The summed E-state index contributed by atoms with van der Waals surface area (Å²) >= 11 is 1.52. The van der Waals surface area contributed by atoms with Crippen LogP contribution in [0.3, 0.4) is 0 Å². The molecule has 8 heteroatoms. The van der Waals surface area contributed by atoms with Crippen molar-refractivity contribution >= 4 is 22.2 Å². The highest BCUT2D eigenvalue weighted by atomic mass is 32.1. The van der Waals surface area contributed by atoms with Crippen LogP contribution in [0.1, 0.15) is 13.8 Å². The van der Waals surface area contributed by atoms with Crippen molar-refractivity contribution in [3.05, 3.63) is 53.9 Å². The first-order valence-electron chi connectivity index (χ1n) is 8.99. The van der Waals surface area contributed by atoms with E-state index < -0.39 is 0 Å². The van der Waals surface area contributed by atoms with Crippen LogP contribution in [0.25, 0.3) is 27.6 Å². The van der Waals surface area contributed by atoms with Gasteiger partial charge in [-0.25, -0.2) is 19.3 Å². The number of thiazole rings is 1. The lowest BCUT2D eigenvalue weighted by Gasteiger charge is -2.19. The molecule has 0 amide bonds. The Morgan fingerprint density at radius 1 is 1.18 bits per heavy atom. The molecule has 0 fully saturated rings. The Morgan fingerprint density at radius 2 is 1.96 bits per heavy atom. The lowest BCUT2D eigenvalue weighted by Crippen LogP contribution is -2.30. The number of anilines is 1. The van der Waals surface area contributed by atoms with Crippen LogP contribution in [-0.4, -0.2) is 37.1 Å². The summed E-state index contributed by atoms with van der Waals surface area (Å²) < 4.78 is 15.3. The number of nitrogens with zero attached hydrogens (tertiary/aromatic N) is 4. The van der Waals surface area contributed by atoms with Crippen LogP contribution in [0.4, 0.5) is 10.3 Å². The number of aliphatic hydroxyl groups is 1. The molecule has 2 N–H and O–H groups in total. The van der Waals surface area contributed by atoms with Crippen LogP contribution in [0, 0.1) is 11.7 Å². The molecule has 1 aromatic carbocycles. The van der Waals surface area contributed by atoms with Gasteiger partial charge in [-0.1, -0.05) is 13.8 Å². The van der Waals surface area contributed by atoms with E-state index in [1.165, 1.54) is 23.5 Å². The molecule has 4 aromatic rings. The number of aliphatic hydroxyl groups excluding tert-OH is 1. The molecule has 1 unspecified atom stereocenters. The molecular weight excluding hydrogens is 377 g/mol. The summed E-state index contributed by atoms with van der Waals surface area (Å²) in [5.41, 5.74) is 3.07. The third-order valence-electron chi connectivity index (χ3n) is 4.59. The predicted octanol–water partition coefficient (Wildman–Crippen LogP) is 4.09. The van der Waals surface area contributed by atoms with Gasteiger partial charge in [0.05, 0.1) is 24.0 Å². The van der Waals surface area contributed by atoms with Gasteiger partial charge in [0, 0.05) is 23.3 Å². The second-order valence-corrected chi connectivity index (χ2v) is 7.69. The number of benzene rings is 1. The minimum Gasteiger partial charge on any atom is -0.394 e. The van der Waals surface area contributed by atoms with Crippen LogP contribution in [-0.2, 0) is 0 Å². The molecule has 0 radical (unpaired) electrons. The van der Waals surface area contributed by atoms with E-state index in [0.29, 0.717) is 11.6 Å². The number of hydrogen-bond donors (Lipinski definition) is 2. The van der Waals surface area contributed by atoms with E-state index in [1.54, 1.807) is 18.3 Å². The average molecular weight is 397 g/mol. The quantitative estimate of drug-likeness (QED) is 0.513. The number of aromatic nitrogens is 4. The van der Waals surface area contributed by atoms with E-state index in [2.05, 4.69) is 15.3 Å². The topological polar surface area (TPSA) is 75.3 Å². The zero-order chi connectivity index (χ0) is 19.7. The van der Waals surface area contributed by atoms with E-state index in [0.717, 1.165) is 21.9 Å². The van der Waals surface area contributed by atoms with Crippen molar-refractivity contribution in [2.45, 2.75) is 19.9 Å². The van der Waals surface area contributed by atoms with Crippen molar-refractivity contribution in [1.82, 2.24) is 19.4 Å². The molecule has 0 aliphatic heterocycles. The highest BCUT2D eigenvalue weighted by molar-refractivity contribution is 7.15. The summed E-state index contributed by atoms with van der Waals surface area (Å²) in [6.07, 6.45) is 3.62. The highest BCUT2D eigenvalue weighted by Gasteiger charge is 2.19. The van der Waals surface area contributed by atoms with Crippen LogP contribution in [0.15, 0.2) is 48.1 Å². The first-order chi connectivity index (χ1) is 13.6. The molecule has 28 heavy (non-hydrogen) atoms. The summed E-state index contributed by atoms with van der Waals surface area (Å²) in [5.74, 6) is 0.384. The van der Waals surface area contributed by atoms with Gasteiger partial charge in [-0.15, -0.1) is 11.3 Å². The number of fused-ring (bicyclic) bond motifs is 1. The normalized spacial score (nSPS) is 12.6. The minimum atomic E-state index is -0.288. The average Bonchev–Trinajstić information content (AvgIpc) is 3.27. The summed E-state index contributed by atoms with van der Waals surface area (Å²) in [6.45, 7) is 4.04. The van der Waals surface area contributed by atoms with Crippen molar-refractivity contribution in [1.29, 1.82) is 0 Å². The van der Waals surface area contributed by atoms with Gasteiger partial charge in [0.1, 0.15) is 11.5 Å². The van der Waals surface area contributed by atoms with Gasteiger partial charge in [0.15, 0.2) is 4.96 Å². The molecule has 3 heterocycles. The van der Waals surface area contributed by atoms with Crippen LogP contribution in [0.5, 0.6) is 0 Å². The number of nitrogens with one attached hydrogen (secondary N) is 1. The maximum atomic E-state index is 13.4. The minimum absolute atomic E-state index is 0.00641. The zero-order valence-electron chi connectivity index (χ0n) is 15.5. The summed E-state index contributed by atoms with van der Waals surface area (Å²) in [4.78, 5) is 14.5. The van der Waals surface area contributed by atoms with E-state index in [-0.39, 0.29) is 24.4 Å². The molecular formula is C20H20FN5OS. The van der Waals surface area contributed by atoms with Gasteiger partial charge in [-0.3, -0.25) is 4.40 Å². The van der Waals surface area contributed by atoms with Crippen molar-refractivity contribution in [2.75, 3.05) is 11.9 Å². The standard InChI is InChI=1S/C20H20FN5OS/c1-12(2)16(11-27)24-19-22-8-7-15(23-19)18-17(13-3-5-14(21)6-4-13)25-20-26(18)9-10-28-20/h3-10,12,16,27H,11H2,1-2H3,(H,22,23,24). The van der Waals surface area contributed by atoms with Crippen molar-refractivity contribution in [3.8, 4) is 22.6 Å². The van der Waals surface area contributed by atoms with E-state index in [9.17, 15) is 9.50 Å². The van der Waals surface area contributed by atoms with Gasteiger partial charge in [0.25, 0.3) is 0 Å². The Balaban J connectivity index is 1.80. The van der Waals surface area contributed by atoms with E-state index >= 15 is 0 Å². The molecule has 6 nitrogen and oxygen atoms in total. The van der Waals surface area contributed by atoms with Crippen LogP contribution in [0.2, 0.25) is 0 Å². The molecule has 1 atom stereocenters. The summed E-state index contributed by atoms with van der Waals surface area (Å²) in [6, 6.07) is 7.96. The Bertz CT molecular complexity index is 1090. The summed E-state index contributed by atoms with van der Waals surface area (Å²) in [5, 5.41) is 14.7. The molecule has 3 aromatic heterocycles. The van der Waals surface area contributed by atoms with Gasteiger partial charge in [0.2, 0.25) is 5.95 Å². The second kappa shape index (κ2) is 7.65. The van der Waals surface area contributed by atoms with Gasteiger partial charge >= 0.3 is 0 Å². The van der Waals surface area contributed by atoms with Crippen LogP contribution < -0.4 is 5.32 Å². The lowest BCUT2D eigenvalue weighted by molar-refractivity contribution is 0.248. The predicted molar refractivity (Wildman–Crippen MR) is 109 cm³/mol. The first kappa shape index (κ1) is 18.5. The molecule has 0 saturated carbocycles. The molecule has 0 aliphatic carbocycles.